The van der Waals surface area contributed by atoms with Crippen molar-refractivity contribution in [3.8, 4) is 17.0 Å². The molecule has 7 heteroatoms. The summed E-state index contributed by atoms with van der Waals surface area (Å²) in [6.45, 7) is -0.127. The van der Waals surface area contributed by atoms with Crippen molar-refractivity contribution in [2.75, 3.05) is 13.9 Å². The molecular formula is C14H12ClF2NO3. The van der Waals surface area contributed by atoms with Gasteiger partial charge in [-0.25, -0.2) is 8.78 Å². The summed E-state index contributed by atoms with van der Waals surface area (Å²) in [4.78, 5) is 11.7. The average Bonchev–Trinajstić information content (AvgIpc) is 2.44. The van der Waals surface area contributed by atoms with E-state index in [2.05, 4.69) is 4.74 Å². The van der Waals surface area contributed by atoms with Crippen LogP contribution in [0, 0.1) is 11.6 Å². The molecule has 0 atom stereocenters. The molecule has 0 aliphatic rings. The summed E-state index contributed by atoms with van der Waals surface area (Å²) in [5, 5.41) is -0.0258. The zero-order chi connectivity index (χ0) is 15.6. The van der Waals surface area contributed by atoms with E-state index in [1.807, 2.05) is 0 Å². The van der Waals surface area contributed by atoms with Crippen molar-refractivity contribution in [2.45, 2.75) is 0 Å². The minimum atomic E-state index is -0.849. The zero-order valence-corrected chi connectivity index (χ0v) is 12.1. The molecule has 0 unspecified atom stereocenters. The largest absolute Gasteiger partial charge is 0.467 e. The van der Waals surface area contributed by atoms with E-state index >= 15 is 0 Å². The fraction of sp³-hybridized carbons (Fsp3) is 0.214. The highest BCUT2D eigenvalue weighted by atomic mass is 35.5. The lowest BCUT2D eigenvalue weighted by atomic mass is 10.1. The van der Waals surface area contributed by atoms with Gasteiger partial charge in [-0.15, -0.1) is 0 Å². The van der Waals surface area contributed by atoms with Crippen molar-refractivity contribution in [1.29, 1.82) is 0 Å². The maximum atomic E-state index is 14.1. The maximum Gasteiger partial charge on any atom is 0.269 e. The van der Waals surface area contributed by atoms with Gasteiger partial charge in [0.2, 0.25) is 0 Å². The van der Waals surface area contributed by atoms with E-state index in [0.717, 1.165) is 16.7 Å². The summed E-state index contributed by atoms with van der Waals surface area (Å²) in [7, 11) is 2.78. The van der Waals surface area contributed by atoms with Crippen LogP contribution >= 0.6 is 11.6 Å². The number of hydrogen-bond donors (Lipinski definition) is 0. The second-order valence-corrected chi connectivity index (χ2v) is 4.65. The Balaban J connectivity index is 2.55. The fourth-order valence-electron chi connectivity index (χ4n) is 1.86. The smallest absolute Gasteiger partial charge is 0.269 e. The molecule has 0 amide bonds. The predicted octanol–water partition coefficient (Wildman–Crippen LogP) is 2.97. The zero-order valence-electron chi connectivity index (χ0n) is 11.3. The van der Waals surface area contributed by atoms with Gasteiger partial charge in [0.15, 0.2) is 6.79 Å². The first kappa shape index (κ1) is 15.5. The van der Waals surface area contributed by atoms with Gasteiger partial charge in [0.1, 0.15) is 22.4 Å². The van der Waals surface area contributed by atoms with Gasteiger partial charge >= 0.3 is 0 Å². The molecule has 0 aliphatic carbocycles. The highest BCUT2D eigenvalue weighted by Crippen LogP contribution is 2.29. The minimum absolute atomic E-state index is 0.00503. The molecule has 0 bridgehead atoms. The first-order chi connectivity index (χ1) is 9.95. The number of aromatic nitrogens is 1. The van der Waals surface area contributed by atoms with Gasteiger partial charge in [0, 0.05) is 26.3 Å². The fourth-order valence-corrected chi connectivity index (χ4v) is 2.05. The lowest BCUT2D eigenvalue weighted by Crippen LogP contribution is -2.19. The third-order valence-corrected chi connectivity index (χ3v) is 3.16. The Kier molecular flexibility index (Phi) is 4.59. The maximum absolute atomic E-state index is 14.1. The summed E-state index contributed by atoms with van der Waals surface area (Å²) in [6, 6.07) is 4.72. The van der Waals surface area contributed by atoms with Gasteiger partial charge in [0.25, 0.3) is 5.56 Å². The van der Waals surface area contributed by atoms with E-state index in [1.54, 1.807) is 0 Å². The Morgan fingerprint density at radius 2 is 1.86 bits per heavy atom. The Morgan fingerprint density at radius 1 is 1.24 bits per heavy atom. The third-order valence-electron chi connectivity index (χ3n) is 2.87. The second-order valence-electron chi connectivity index (χ2n) is 4.24. The Labute approximate surface area is 124 Å². The molecule has 4 nitrogen and oxygen atoms in total. The van der Waals surface area contributed by atoms with Crippen LogP contribution in [0.15, 0.2) is 29.1 Å². The van der Waals surface area contributed by atoms with Crippen LogP contribution in [-0.2, 0) is 11.8 Å². The average molecular weight is 316 g/mol. The molecule has 2 aromatic rings. The number of ether oxygens (including phenoxy) is 2. The summed E-state index contributed by atoms with van der Waals surface area (Å²) < 4.78 is 39.0. The second kappa shape index (κ2) is 6.24. The lowest BCUT2D eigenvalue weighted by Gasteiger charge is -2.12. The summed E-state index contributed by atoms with van der Waals surface area (Å²) in [6.07, 6.45) is 0. The molecule has 0 spiro atoms. The van der Waals surface area contributed by atoms with Gasteiger partial charge in [-0.05, 0) is 12.1 Å². The van der Waals surface area contributed by atoms with Gasteiger partial charge in [0.05, 0.1) is 11.3 Å². The number of nitrogens with zero attached hydrogens (tertiary/aromatic N) is 1. The van der Waals surface area contributed by atoms with E-state index in [9.17, 15) is 13.6 Å². The van der Waals surface area contributed by atoms with Crippen LogP contribution in [0.4, 0.5) is 8.78 Å². The monoisotopic (exact) mass is 315 g/mol. The van der Waals surface area contributed by atoms with Crippen LogP contribution in [0.25, 0.3) is 11.3 Å². The summed E-state index contributed by atoms with van der Waals surface area (Å²) in [5.41, 5.74) is -0.776. The van der Waals surface area contributed by atoms with E-state index in [4.69, 9.17) is 16.3 Å². The molecule has 0 aliphatic heterocycles. The van der Waals surface area contributed by atoms with E-state index in [-0.39, 0.29) is 28.8 Å². The SMILES string of the molecule is COCOc1cc(F)c(-c2ccc(Cl)c(=O)n2C)c(F)c1. The first-order valence-corrected chi connectivity index (χ1v) is 6.30. The van der Waals surface area contributed by atoms with Crippen molar-refractivity contribution in [1.82, 2.24) is 4.57 Å². The molecule has 2 rings (SSSR count). The Hall–Kier alpha value is -1.92. The van der Waals surface area contributed by atoms with Crippen molar-refractivity contribution in [3.63, 3.8) is 0 Å². The number of rotatable bonds is 4. The Bertz CT molecular complexity index is 708. The number of hydrogen-bond acceptors (Lipinski definition) is 3. The molecule has 112 valence electrons. The number of halogens is 3. The summed E-state index contributed by atoms with van der Waals surface area (Å²) in [5.74, 6) is -1.70. The molecule has 1 aromatic carbocycles. The minimum Gasteiger partial charge on any atom is -0.467 e. The molecule has 21 heavy (non-hydrogen) atoms. The molecule has 1 heterocycles. The number of benzene rings is 1. The topological polar surface area (TPSA) is 40.5 Å². The van der Waals surface area contributed by atoms with Gasteiger partial charge in [-0.2, -0.15) is 0 Å². The molecule has 0 saturated heterocycles. The van der Waals surface area contributed by atoms with Crippen LogP contribution < -0.4 is 10.3 Å². The van der Waals surface area contributed by atoms with E-state index in [1.165, 1.54) is 26.3 Å². The third kappa shape index (κ3) is 3.06. The molecular weight excluding hydrogens is 304 g/mol. The standard InChI is InChI=1S/C14H12ClF2NO3/c1-18-12(4-3-9(15)14(18)19)13-10(16)5-8(6-11(13)17)21-7-20-2/h3-6H,7H2,1-2H3. The van der Waals surface area contributed by atoms with Crippen LogP contribution in [0.3, 0.4) is 0 Å². The van der Waals surface area contributed by atoms with Crippen molar-refractivity contribution in [3.05, 3.63) is 51.3 Å². The van der Waals surface area contributed by atoms with Crippen molar-refractivity contribution >= 4 is 11.6 Å². The summed E-state index contributed by atoms with van der Waals surface area (Å²) >= 11 is 5.68. The number of methoxy groups -OCH3 is 1. The van der Waals surface area contributed by atoms with E-state index in [0.29, 0.717) is 0 Å². The van der Waals surface area contributed by atoms with Crippen LogP contribution in [0.5, 0.6) is 5.75 Å². The van der Waals surface area contributed by atoms with Crippen molar-refractivity contribution in [2.24, 2.45) is 7.05 Å². The first-order valence-electron chi connectivity index (χ1n) is 5.92. The van der Waals surface area contributed by atoms with Crippen molar-refractivity contribution < 1.29 is 18.3 Å². The van der Waals surface area contributed by atoms with Gasteiger partial charge in [-0.1, -0.05) is 11.6 Å². The highest BCUT2D eigenvalue weighted by Gasteiger charge is 2.17. The van der Waals surface area contributed by atoms with E-state index < -0.39 is 17.2 Å². The number of pyridine rings is 1. The van der Waals surface area contributed by atoms with Crippen LogP contribution in [0.1, 0.15) is 0 Å². The van der Waals surface area contributed by atoms with Crippen LogP contribution in [-0.4, -0.2) is 18.5 Å². The predicted molar refractivity (Wildman–Crippen MR) is 74.5 cm³/mol. The molecule has 0 fully saturated rings. The molecule has 0 N–H and O–H groups in total. The normalized spacial score (nSPS) is 10.7. The highest BCUT2D eigenvalue weighted by molar-refractivity contribution is 6.30. The van der Waals surface area contributed by atoms with Gasteiger partial charge < -0.3 is 14.0 Å². The quantitative estimate of drug-likeness (QED) is 0.814. The lowest BCUT2D eigenvalue weighted by molar-refractivity contribution is 0.0507. The van der Waals surface area contributed by atoms with Gasteiger partial charge in [-0.3, -0.25) is 4.79 Å². The molecule has 1 aromatic heterocycles. The Morgan fingerprint density at radius 3 is 2.43 bits per heavy atom. The molecule has 0 radical (unpaired) electrons. The molecule has 0 saturated carbocycles. The van der Waals surface area contributed by atoms with Crippen LogP contribution in [0.2, 0.25) is 5.02 Å².